The molecule has 1 rings (SSSR count). The summed E-state index contributed by atoms with van der Waals surface area (Å²) in [5.41, 5.74) is 0. The van der Waals surface area contributed by atoms with Crippen molar-refractivity contribution in [2.24, 2.45) is 0 Å². The molecule has 1 aromatic rings. The van der Waals surface area contributed by atoms with Crippen LogP contribution in [0.1, 0.15) is 6.92 Å². The standard InChI is InChI=1S/C5H6ClN2/c1-2-8-4-5(6)3-7-8/h2-4H,1H3. The van der Waals surface area contributed by atoms with E-state index in [9.17, 15) is 0 Å². The summed E-state index contributed by atoms with van der Waals surface area (Å²) >= 11 is 5.54. The fraction of sp³-hybridized carbons (Fsp3) is 0.200. The van der Waals surface area contributed by atoms with Gasteiger partial charge in [-0.25, -0.2) is 0 Å². The molecule has 0 unspecified atom stereocenters. The van der Waals surface area contributed by atoms with E-state index in [0.717, 1.165) is 0 Å². The van der Waals surface area contributed by atoms with Crippen molar-refractivity contribution in [3.63, 3.8) is 0 Å². The van der Waals surface area contributed by atoms with Crippen LogP contribution in [0.2, 0.25) is 5.02 Å². The first-order valence-electron chi connectivity index (χ1n) is 2.32. The van der Waals surface area contributed by atoms with Gasteiger partial charge in [0.2, 0.25) is 0 Å². The number of aromatic nitrogens is 2. The van der Waals surface area contributed by atoms with E-state index in [-0.39, 0.29) is 0 Å². The summed E-state index contributed by atoms with van der Waals surface area (Å²) in [4.78, 5) is 0. The third-order valence-corrected chi connectivity index (χ3v) is 1.03. The van der Waals surface area contributed by atoms with E-state index in [1.807, 2.05) is 13.5 Å². The molecule has 3 heteroatoms. The predicted molar refractivity (Wildman–Crippen MR) is 32.6 cm³/mol. The molecule has 0 aliphatic heterocycles. The van der Waals surface area contributed by atoms with Crippen LogP contribution in [0.5, 0.6) is 0 Å². The molecule has 8 heavy (non-hydrogen) atoms. The summed E-state index contributed by atoms with van der Waals surface area (Å²) in [6.07, 6.45) is 3.34. The Labute approximate surface area is 53.1 Å². The lowest BCUT2D eigenvalue weighted by Crippen LogP contribution is -1.88. The van der Waals surface area contributed by atoms with E-state index in [1.54, 1.807) is 17.1 Å². The largest absolute Gasteiger partial charge is 0.266 e. The summed E-state index contributed by atoms with van der Waals surface area (Å²) in [5, 5.41) is 4.53. The molecule has 0 N–H and O–H groups in total. The first-order valence-corrected chi connectivity index (χ1v) is 2.70. The average molecular weight is 130 g/mol. The van der Waals surface area contributed by atoms with Gasteiger partial charge in [0, 0.05) is 6.20 Å². The first kappa shape index (κ1) is 5.63. The Kier molecular flexibility index (Phi) is 1.53. The van der Waals surface area contributed by atoms with E-state index in [4.69, 9.17) is 11.6 Å². The van der Waals surface area contributed by atoms with Crippen molar-refractivity contribution in [3.05, 3.63) is 24.0 Å². The van der Waals surface area contributed by atoms with E-state index in [1.165, 1.54) is 0 Å². The first-order chi connectivity index (χ1) is 3.83. The molecule has 0 aliphatic rings. The molecule has 0 atom stereocenters. The normalized spacial score (nSPS) is 9.75. The second-order valence-electron chi connectivity index (χ2n) is 1.40. The lowest BCUT2D eigenvalue weighted by Gasteiger charge is -1.86. The van der Waals surface area contributed by atoms with Gasteiger partial charge in [0.05, 0.1) is 17.8 Å². The van der Waals surface area contributed by atoms with Crippen molar-refractivity contribution in [1.29, 1.82) is 0 Å². The Morgan fingerprint density at radius 2 is 2.62 bits per heavy atom. The van der Waals surface area contributed by atoms with Crippen molar-refractivity contribution in [2.45, 2.75) is 6.92 Å². The van der Waals surface area contributed by atoms with Gasteiger partial charge in [0.25, 0.3) is 0 Å². The van der Waals surface area contributed by atoms with Gasteiger partial charge in [-0.2, -0.15) is 5.10 Å². The van der Waals surface area contributed by atoms with Crippen molar-refractivity contribution in [3.8, 4) is 0 Å². The van der Waals surface area contributed by atoms with Crippen molar-refractivity contribution >= 4 is 11.6 Å². The summed E-state index contributed by atoms with van der Waals surface area (Å²) < 4.78 is 1.66. The lowest BCUT2D eigenvalue weighted by atomic mass is 10.7. The van der Waals surface area contributed by atoms with Gasteiger partial charge >= 0.3 is 0 Å². The lowest BCUT2D eigenvalue weighted by molar-refractivity contribution is 0.808. The Morgan fingerprint density at radius 3 is 2.88 bits per heavy atom. The number of nitrogens with zero attached hydrogens (tertiary/aromatic N) is 2. The maximum atomic E-state index is 5.54. The van der Waals surface area contributed by atoms with Crippen LogP contribution in [-0.2, 0) is 0 Å². The molecule has 0 amide bonds. The van der Waals surface area contributed by atoms with Crippen LogP contribution in [0, 0.1) is 6.54 Å². The van der Waals surface area contributed by atoms with Gasteiger partial charge in [-0.15, -0.1) is 0 Å². The molecular weight excluding hydrogens is 124 g/mol. The highest BCUT2D eigenvalue weighted by Crippen LogP contribution is 2.03. The second kappa shape index (κ2) is 2.18. The number of hydrogen-bond donors (Lipinski definition) is 0. The van der Waals surface area contributed by atoms with Gasteiger partial charge in [0.1, 0.15) is 0 Å². The van der Waals surface area contributed by atoms with Crippen LogP contribution in [0.15, 0.2) is 12.4 Å². The van der Waals surface area contributed by atoms with Crippen LogP contribution in [0.4, 0.5) is 0 Å². The number of halogens is 1. The molecule has 0 saturated heterocycles. The number of hydrogen-bond acceptors (Lipinski definition) is 1. The van der Waals surface area contributed by atoms with Crippen molar-refractivity contribution in [2.75, 3.05) is 0 Å². The maximum Gasteiger partial charge on any atom is 0.0785 e. The van der Waals surface area contributed by atoms with E-state index in [0.29, 0.717) is 5.02 Å². The monoisotopic (exact) mass is 129 g/mol. The van der Waals surface area contributed by atoms with Gasteiger partial charge in [-0.1, -0.05) is 11.6 Å². The zero-order valence-electron chi connectivity index (χ0n) is 4.50. The van der Waals surface area contributed by atoms with Gasteiger partial charge in [-0.05, 0) is 6.92 Å². The fourth-order valence-electron chi connectivity index (χ4n) is 0.456. The van der Waals surface area contributed by atoms with Gasteiger partial charge in [0.15, 0.2) is 0 Å². The van der Waals surface area contributed by atoms with Crippen LogP contribution >= 0.6 is 11.6 Å². The smallest absolute Gasteiger partial charge is 0.0785 e. The molecule has 1 aromatic heterocycles. The summed E-state index contributed by atoms with van der Waals surface area (Å²) in [6, 6.07) is 0. The molecule has 43 valence electrons. The van der Waals surface area contributed by atoms with Gasteiger partial charge in [-0.3, -0.25) is 4.68 Å². The Bertz CT molecular complexity index is 171. The Hall–Kier alpha value is -0.500. The second-order valence-corrected chi connectivity index (χ2v) is 1.83. The fourth-order valence-corrected chi connectivity index (χ4v) is 0.600. The van der Waals surface area contributed by atoms with Crippen molar-refractivity contribution < 1.29 is 0 Å². The molecule has 0 bridgehead atoms. The highest BCUT2D eigenvalue weighted by molar-refractivity contribution is 6.30. The summed E-state index contributed by atoms with van der Waals surface area (Å²) in [6.45, 7) is 3.72. The third kappa shape index (κ3) is 1.01. The van der Waals surface area contributed by atoms with Crippen molar-refractivity contribution in [1.82, 2.24) is 9.78 Å². The topological polar surface area (TPSA) is 17.8 Å². The van der Waals surface area contributed by atoms with Gasteiger partial charge < -0.3 is 0 Å². The Balaban J connectivity index is 2.84. The average Bonchev–Trinajstić information content (AvgIpc) is 2.14. The van der Waals surface area contributed by atoms with E-state index >= 15 is 0 Å². The molecule has 1 heterocycles. The quantitative estimate of drug-likeness (QED) is 0.563. The molecule has 0 spiro atoms. The molecule has 0 aliphatic carbocycles. The van der Waals surface area contributed by atoms with Crippen LogP contribution in [-0.4, -0.2) is 9.78 Å². The molecule has 0 aromatic carbocycles. The minimum absolute atomic E-state index is 0.670. The van der Waals surface area contributed by atoms with Crippen LogP contribution in [0.25, 0.3) is 0 Å². The van der Waals surface area contributed by atoms with Crippen LogP contribution < -0.4 is 0 Å². The zero-order valence-corrected chi connectivity index (χ0v) is 5.26. The summed E-state index contributed by atoms with van der Waals surface area (Å²) in [5.74, 6) is 0. The minimum Gasteiger partial charge on any atom is -0.266 e. The van der Waals surface area contributed by atoms with Crippen LogP contribution in [0.3, 0.4) is 0 Å². The highest BCUT2D eigenvalue weighted by Gasteiger charge is 1.88. The molecule has 0 saturated carbocycles. The minimum atomic E-state index is 0.670. The molecule has 2 nitrogen and oxygen atoms in total. The molecular formula is C5H6ClN2. The third-order valence-electron chi connectivity index (χ3n) is 0.835. The maximum absolute atomic E-state index is 5.54. The van der Waals surface area contributed by atoms with E-state index in [2.05, 4.69) is 5.10 Å². The molecule has 0 fully saturated rings. The SMILES string of the molecule is C[CH]n1cc(Cl)cn1. The zero-order chi connectivity index (χ0) is 5.98. The number of rotatable bonds is 1. The highest BCUT2D eigenvalue weighted by atomic mass is 35.5. The summed E-state index contributed by atoms with van der Waals surface area (Å²) in [7, 11) is 0. The predicted octanol–water partition coefficient (Wildman–Crippen LogP) is 1.57. The molecule has 1 radical (unpaired) electrons. The Morgan fingerprint density at radius 1 is 1.88 bits per heavy atom. The van der Waals surface area contributed by atoms with E-state index < -0.39 is 0 Å².